The van der Waals surface area contributed by atoms with Crippen LogP contribution in [0, 0.1) is 0 Å². The van der Waals surface area contributed by atoms with Crippen LogP contribution in [0.2, 0.25) is 0 Å². The number of nitrogens with one attached hydrogen (secondary N) is 1. The molecule has 1 aliphatic heterocycles. The van der Waals surface area contributed by atoms with E-state index >= 15 is 0 Å². The first-order valence-electron chi connectivity index (χ1n) is 5.48. The number of ether oxygens (including phenoxy) is 1. The predicted molar refractivity (Wildman–Crippen MR) is 56.0 cm³/mol. The maximum Gasteiger partial charge on any atom is 0.374 e. The van der Waals surface area contributed by atoms with Crippen LogP contribution in [0.4, 0.5) is 5.69 Å². The predicted octanol–water partition coefficient (Wildman–Crippen LogP) is 2.09. The molecule has 5 heteroatoms. The van der Waals surface area contributed by atoms with Gasteiger partial charge in [-0.15, -0.1) is 0 Å². The molecule has 2 heterocycles. The maximum atomic E-state index is 10.9. The van der Waals surface area contributed by atoms with E-state index in [2.05, 4.69) is 5.32 Å². The second-order valence-corrected chi connectivity index (χ2v) is 4.45. The Morgan fingerprint density at radius 2 is 2.19 bits per heavy atom. The van der Waals surface area contributed by atoms with Crippen LogP contribution < -0.4 is 10.1 Å². The highest BCUT2D eigenvalue weighted by Crippen LogP contribution is 2.43. The molecule has 2 N–H and O–H groups in total. The number of fused-ring (bicyclic) bond motifs is 1. The van der Waals surface area contributed by atoms with Crippen LogP contribution in [-0.4, -0.2) is 23.2 Å². The molecule has 3 rings (SSSR count). The lowest BCUT2D eigenvalue weighted by Crippen LogP contribution is -2.43. The number of carbonyl (C=O) groups is 1. The van der Waals surface area contributed by atoms with Gasteiger partial charge in [-0.1, -0.05) is 0 Å². The Morgan fingerprint density at radius 1 is 1.44 bits per heavy atom. The van der Waals surface area contributed by atoms with Crippen LogP contribution >= 0.6 is 0 Å². The molecule has 5 nitrogen and oxygen atoms in total. The molecule has 0 unspecified atom stereocenters. The highest BCUT2D eigenvalue weighted by atomic mass is 16.5. The van der Waals surface area contributed by atoms with Gasteiger partial charge in [-0.25, -0.2) is 4.79 Å². The first-order valence-corrected chi connectivity index (χ1v) is 5.48. The van der Waals surface area contributed by atoms with Gasteiger partial charge in [0, 0.05) is 0 Å². The summed E-state index contributed by atoms with van der Waals surface area (Å²) in [6.45, 7) is 0.666. The second kappa shape index (κ2) is 3.17. The van der Waals surface area contributed by atoms with Crippen molar-refractivity contribution in [3.05, 3.63) is 12.0 Å². The quantitative estimate of drug-likeness (QED) is 0.762. The fraction of sp³-hybridized carbons (Fsp3) is 0.545. The minimum atomic E-state index is -1.07. The van der Waals surface area contributed by atoms with Crippen LogP contribution in [0.1, 0.15) is 36.2 Å². The van der Waals surface area contributed by atoms with Gasteiger partial charge in [0.2, 0.25) is 5.76 Å². The fourth-order valence-electron chi connectivity index (χ4n) is 2.56. The summed E-state index contributed by atoms with van der Waals surface area (Å²) in [7, 11) is 0. The van der Waals surface area contributed by atoms with E-state index < -0.39 is 5.97 Å². The number of carboxylic acid groups (broad SMARTS) is 1. The molecular weight excluding hydrogens is 210 g/mol. The van der Waals surface area contributed by atoms with Crippen molar-refractivity contribution in [1.29, 1.82) is 0 Å². The molecule has 1 spiro atoms. The summed E-state index contributed by atoms with van der Waals surface area (Å²) in [4.78, 5) is 10.9. The molecule has 16 heavy (non-hydrogen) atoms. The normalized spacial score (nSPS) is 21.2. The monoisotopic (exact) mass is 223 g/mol. The van der Waals surface area contributed by atoms with Gasteiger partial charge in [0.25, 0.3) is 0 Å². The molecule has 0 saturated heterocycles. The number of aromatic carboxylic acids is 1. The molecule has 2 aliphatic rings. The van der Waals surface area contributed by atoms with E-state index in [-0.39, 0.29) is 11.4 Å². The number of furan rings is 1. The molecule has 0 atom stereocenters. The molecule has 0 aromatic carbocycles. The van der Waals surface area contributed by atoms with E-state index in [1.54, 1.807) is 0 Å². The topological polar surface area (TPSA) is 71.7 Å². The van der Waals surface area contributed by atoms with E-state index in [0.29, 0.717) is 18.0 Å². The smallest absolute Gasteiger partial charge is 0.374 e. The molecular formula is C11H13NO4. The third-order valence-electron chi connectivity index (χ3n) is 3.38. The van der Waals surface area contributed by atoms with E-state index in [0.717, 1.165) is 12.8 Å². The molecule has 0 amide bonds. The zero-order chi connectivity index (χ0) is 11.2. The average Bonchev–Trinajstić information content (AvgIpc) is 2.85. The third-order valence-corrected chi connectivity index (χ3v) is 3.38. The van der Waals surface area contributed by atoms with Gasteiger partial charge in [-0.05, 0) is 25.7 Å². The van der Waals surface area contributed by atoms with Crippen LogP contribution in [0.15, 0.2) is 10.7 Å². The van der Waals surface area contributed by atoms with E-state index in [4.69, 9.17) is 14.3 Å². The van der Waals surface area contributed by atoms with Crippen LogP contribution in [0.25, 0.3) is 0 Å². The zero-order valence-electron chi connectivity index (χ0n) is 8.78. The van der Waals surface area contributed by atoms with Gasteiger partial charge in [0.05, 0.1) is 6.54 Å². The summed E-state index contributed by atoms with van der Waals surface area (Å²) >= 11 is 0. The lowest BCUT2D eigenvalue weighted by molar-refractivity contribution is 0.0662. The highest BCUT2D eigenvalue weighted by Gasteiger charge is 2.41. The molecule has 1 fully saturated rings. The summed E-state index contributed by atoms with van der Waals surface area (Å²) in [5.41, 5.74) is 0.331. The van der Waals surface area contributed by atoms with Crippen molar-refractivity contribution in [2.75, 3.05) is 11.9 Å². The van der Waals surface area contributed by atoms with Gasteiger partial charge in [0.1, 0.15) is 17.6 Å². The number of hydrogen-bond acceptors (Lipinski definition) is 4. The standard InChI is InChI=1S/C11H13NO4/c13-10(14)9-8-7(5-15-9)16-11(6-12-8)3-1-2-4-11/h5,12H,1-4,6H2,(H,13,14). The SMILES string of the molecule is O=C(O)c1occ2c1NCC1(CCCC1)O2. The van der Waals surface area contributed by atoms with Crippen molar-refractivity contribution in [3.8, 4) is 5.75 Å². The summed E-state index contributed by atoms with van der Waals surface area (Å²) in [6, 6.07) is 0. The Balaban J connectivity index is 1.93. The summed E-state index contributed by atoms with van der Waals surface area (Å²) < 4.78 is 10.9. The maximum absolute atomic E-state index is 10.9. The zero-order valence-corrected chi connectivity index (χ0v) is 8.78. The Labute approximate surface area is 92.4 Å². The minimum absolute atomic E-state index is 0.0668. The van der Waals surface area contributed by atoms with Crippen LogP contribution in [0.3, 0.4) is 0 Å². The summed E-state index contributed by atoms with van der Waals surface area (Å²) in [6.07, 6.45) is 5.76. The first-order chi connectivity index (χ1) is 7.70. The number of carboxylic acids is 1. The van der Waals surface area contributed by atoms with E-state index in [1.807, 2.05) is 0 Å². The second-order valence-electron chi connectivity index (χ2n) is 4.45. The van der Waals surface area contributed by atoms with Crippen molar-refractivity contribution in [3.63, 3.8) is 0 Å². The van der Waals surface area contributed by atoms with Crippen molar-refractivity contribution >= 4 is 11.7 Å². The van der Waals surface area contributed by atoms with E-state index in [9.17, 15) is 4.79 Å². The fourth-order valence-corrected chi connectivity index (χ4v) is 2.56. The summed E-state index contributed by atoms with van der Waals surface area (Å²) in [5.74, 6) is -0.604. The minimum Gasteiger partial charge on any atom is -0.480 e. The van der Waals surface area contributed by atoms with Crippen molar-refractivity contribution in [1.82, 2.24) is 0 Å². The van der Waals surface area contributed by atoms with Crippen molar-refractivity contribution in [2.45, 2.75) is 31.3 Å². The molecule has 86 valence electrons. The molecule has 1 aliphatic carbocycles. The Morgan fingerprint density at radius 3 is 2.88 bits per heavy atom. The molecule has 0 radical (unpaired) electrons. The highest BCUT2D eigenvalue weighted by molar-refractivity contribution is 5.93. The van der Waals surface area contributed by atoms with Gasteiger partial charge >= 0.3 is 5.97 Å². The van der Waals surface area contributed by atoms with Gasteiger partial charge in [-0.3, -0.25) is 0 Å². The molecule has 1 aromatic rings. The number of rotatable bonds is 1. The van der Waals surface area contributed by atoms with Crippen LogP contribution in [-0.2, 0) is 0 Å². The average molecular weight is 223 g/mol. The molecule has 1 aromatic heterocycles. The van der Waals surface area contributed by atoms with Gasteiger partial charge in [0.15, 0.2) is 5.75 Å². The Hall–Kier alpha value is -1.65. The third kappa shape index (κ3) is 1.27. The van der Waals surface area contributed by atoms with Gasteiger partial charge < -0.3 is 19.6 Å². The van der Waals surface area contributed by atoms with E-state index in [1.165, 1.54) is 19.1 Å². The Bertz CT molecular complexity index is 431. The largest absolute Gasteiger partial charge is 0.480 e. The van der Waals surface area contributed by atoms with Gasteiger partial charge in [-0.2, -0.15) is 0 Å². The first kappa shape index (κ1) is 9.57. The van der Waals surface area contributed by atoms with Crippen molar-refractivity contribution in [2.24, 2.45) is 0 Å². The molecule has 1 saturated carbocycles. The lowest BCUT2D eigenvalue weighted by Gasteiger charge is -2.34. The lowest BCUT2D eigenvalue weighted by atomic mass is 10.0. The number of hydrogen-bond donors (Lipinski definition) is 2. The summed E-state index contributed by atoms with van der Waals surface area (Å²) in [5, 5.41) is 12.0. The molecule has 0 bridgehead atoms. The number of anilines is 1. The van der Waals surface area contributed by atoms with Crippen molar-refractivity contribution < 1.29 is 19.1 Å². The Kier molecular flexibility index (Phi) is 1.89. The van der Waals surface area contributed by atoms with Crippen LogP contribution in [0.5, 0.6) is 5.75 Å².